The average molecular weight is 336 g/mol. The third kappa shape index (κ3) is 10.3. The normalized spacial score (nSPS) is 14.1. The van der Waals surface area contributed by atoms with E-state index in [1.54, 1.807) is 0 Å². The van der Waals surface area contributed by atoms with Gasteiger partial charge in [0.25, 0.3) is 0 Å². The largest absolute Gasteiger partial charge is 0.437 e. The predicted octanol–water partition coefficient (Wildman–Crippen LogP) is 4.49. The average Bonchev–Trinajstić information content (AvgIpc) is 2.18. The highest BCUT2D eigenvalue weighted by Gasteiger charge is 2.39. The zero-order valence-electron chi connectivity index (χ0n) is 15.3. The third-order valence-corrected chi connectivity index (χ3v) is 12.7. The number of rotatable bonds is 10. The van der Waals surface area contributed by atoms with E-state index in [0.29, 0.717) is 0 Å². The van der Waals surface area contributed by atoms with Crippen molar-refractivity contribution in [2.24, 2.45) is 0 Å². The smallest absolute Gasteiger partial charge is 0.314 e. The maximum atomic E-state index is 6.52. The molecular weight excluding hydrogens is 298 g/mol. The molecule has 0 saturated heterocycles. The van der Waals surface area contributed by atoms with Crippen molar-refractivity contribution in [3.63, 3.8) is 0 Å². The molecule has 0 unspecified atom stereocenters. The molecule has 6 heteroatoms. The van der Waals surface area contributed by atoms with Crippen molar-refractivity contribution in [2.45, 2.75) is 72.1 Å². The van der Waals surface area contributed by atoms with E-state index in [4.69, 9.17) is 8.23 Å². The van der Waals surface area contributed by atoms with Gasteiger partial charge in [-0.15, -0.1) is 0 Å². The molecule has 0 spiro atoms. The monoisotopic (exact) mass is 335 g/mol. The van der Waals surface area contributed by atoms with E-state index < -0.39 is 25.2 Å². The second kappa shape index (κ2) is 8.24. The van der Waals surface area contributed by atoms with Crippen LogP contribution in [0.25, 0.3) is 0 Å². The topological polar surface area (TPSA) is 21.7 Å². The van der Waals surface area contributed by atoms with E-state index >= 15 is 0 Å². The van der Waals surface area contributed by atoms with Crippen LogP contribution in [0.3, 0.4) is 0 Å². The van der Waals surface area contributed by atoms with Crippen LogP contribution in [-0.2, 0) is 8.23 Å². The molecule has 0 amide bonds. The molecule has 0 radical (unpaired) electrons. The Kier molecular flexibility index (Phi) is 8.46. The lowest BCUT2D eigenvalue weighted by molar-refractivity contribution is 0.297. The van der Waals surface area contributed by atoms with Crippen LogP contribution < -0.4 is 0 Å². The summed E-state index contributed by atoms with van der Waals surface area (Å²) in [6.45, 7) is 23.8. The molecule has 0 aliphatic rings. The van der Waals surface area contributed by atoms with Gasteiger partial charge in [-0.2, -0.15) is 0 Å². The quantitative estimate of drug-likeness (QED) is 0.549. The maximum absolute atomic E-state index is 6.52. The fourth-order valence-electron chi connectivity index (χ4n) is 2.58. The molecule has 0 aromatic rings. The van der Waals surface area contributed by atoms with Crippen LogP contribution in [0.15, 0.2) is 0 Å². The van der Waals surface area contributed by atoms with Crippen LogP contribution >= 0.6 is 0 Å². The summed E-state index contributed by atoms with van der Waals surface area (Å²) in [5.41, 5.74) is 0. The van der Waals surface area contributed by atoms with Gasteiger partial charge in [-0.25, -0.2) is 0 Å². The fraction of sp³-hybridized carbons (Fsp3) is 1.00. The van der Waals surface area contributed by atoms with Crippen molar-refractivity contribution < 1.29 is 8.23 Å². The number of hydrogen-bond acceptors (Lipinski definition) is 3. The lowest BCUT2D eigenvalue weighted by Gasteiger charge is -2.38. The van der Waals surface area contributed by atoms with E-state index in [-0.39, 0.29) is 0 Å². The Bertz CT molecular complexity index is 255. The minimum Gasteiger partial charge on any atom is -0.437 e. The standard InChI is InChI=1S/C14H37NO2Si3/c1-10-15(11-2)13-12-14-20(9,16-18(3,4)5)17-19(6,7)8/h10-14H2,1-9H3. The second-order valence-electron chi connectivity index (χ2n) is 7.69. The SMILES string of the molecule is CCN(CC)CCC[Si](C)(O[Si](C)(C)C)O[Si](C)(C)C. The number of nitrogens with zero attached hydrogens (tertiary/aromatic N) is 1. The Hall–Kier alpha value is 0.531. The lowest BCUT2D eigenvalue weighted by atomic mass is 10.4. The van der Waals surface area contributed by atoms with E-state index in [2.05, 4.69) is 64.6 Å². The highest BCUT2D eigenvalue weighted by Crippen LogP contribution is 2.25. The molecule has 0 aliphatic carbocycles. The summed E-state index contributed by atoms with van der Waals surface area (Å²) in [6, 6.07) is 1.12. The molecule has 0 heterocycles. The minimum atomic E-state index is -2.02. The molecular formula is C14H37NO2Si3. The van der Waals surface area contributed by atoms with Gasteiger partial charge < -0.3 is 13.1 Å². The van der Waals surface area contributed by atoms with Crippen LogP contribution in [0.5, 0.6) is 0 Å². The molecule has 3 nitrogen and oxygen atoms in total. The van der Waals surface area contributed by atoms with Crippen LogP contribution in [0.2, 0.25) is 51.9 Å². The van der Waals surface area contributed by atoms with Crippen molar-refractivity contribution in [3.05, 3.63) is 0 Å². The zero-order valence-corrected chi connectivity index (χ0v) is 18.3. The van der Waals surface area contributed by atoms with Gasteiger partial charge in [-0.05, 0) is 77.9 Å². The molecule has 0 atom stereocenters. The summed E-state index contributed by atoms with van der Waals surface area (Å²) in [5.74, 6) is 0. The molecule has 0 fully saturated rings. The van der Waals surface area contributed by atoms with Crippen LogP contribution in [0, 0.1) is 0 Å². The Morgan fingerprint density at radius 3 is 1.45 bits per heavy atom. The molecule has 122 valence electrons. The van der Waals surface area contributed by atoms with Crippen molar-refractivity contribution >= 4 is 25.2 Å². The summed E-state index contributed by atoms with van der Waals surface area (Å²) in [4.78, 5) is 2.48. The van der Waals surface area contributed by atoms with Crippen LogP contribution in [0.1, 0.15) is 20.3 Å². The van der Waals surface area contributed by atoms with Crippen molar-refractivity contribution in [1.82, 2.24) is 4.90 Å². The molecule has 0 aliphatic heterocycles. The molecule has 0 N–H and O–H groups in total. The van der Waals surface area contributed by atoms with Gasteiger partial charge in [0, 0.05) is 0 Å². The van der Waals surface area contributed by atoms with Gasteiger partial charge in [-0.1, -0.05) is 13.8 Å². The molecule has 0 rings (SSSR count). The molecule has 0 saturated carbocycles. The maximum Gasteiger partial charge on any atom is 0.314 e. The van der Waals surface area contributed by atoms with Crippen LogP contribution in [-0.4, -0.2) is 49.7 Å². The third-order valence-electron chi connectivity index (χ3n) is 3.04. The summed E-state index contributed by atoms with van der Waals surface area (Å²) in [6.07, 6.45) is 1.19. The highest BCUT2D eigenvalue weighted by molar-refractivity contribution is 6.87. The van der Waals surface area contributed by atoms with Gasteiger partial charge >= 0.3 is 8.56 Å². The first kappa shape index (κ1) is 20.5. The highest BCUT2D eigenvalue weighted by atomic mass is 28.5. The van der Waals surface area contributed by atoms with E-state index in [1.807, 2.05) is 0 Å². The Labute approximate surface area is 130 Å². The van der Waals surface area contributed by atoms with E-state index in [1.165, 1.54) is 13.0 Å². The Morgan fingerprint density at radius 1 is 0.750 bits per heavy atom. The summed E-state index contributed by atoms with van der Waals surface area (Å²) in [7, 11) is -5.10. The van der Waals surface area contributed by atoms with Crippen LogP contribution in [0.4, 0.5) is 0 Å². The zero-order chi connectivity index (χ0) is 16.0. The first-order valence-corrected chi connectivity index (χ1v) is 17.4. The number of hydrogen-bond donors (Lipinski definition) is 0. The van der Waals surface area contributed by atoms with E-state index in [9.17, 15) is 0 Å². The summed E-state index contributed by atoms with van der Waals surface area (Å²) >= 11 is 0. The molecule has 0 bridgehead atoms. The van der Waals surface area contributed by atoms with E-state index in [0.717, 1.165) is 19.1 Å². The van der Waals surface area contributed by atoms with Gasteiger partial charge in [-0.3, -0.25) is 0 Å². The lowest BCUT2D eigenvalue weighted by Crippen LogP contribution is -2.52. The van der Waals surface area contributed by atoms with Gasteiger partial charge in [0.1, 0.15) is 0 Å². The van der Waals surface area contributed by atoms with Gasteiger partial charge in [0.05, 0.1) is 0 Å². The molecule has 0 aromatic carbocycles. The van der Waals surface area contributed by atoms with Crippen molar-refractivity contribution in [2.75, 3.05) is 19.6 Å². The predicted molar refractivity (Wildman–Crippen MR) is 97.7 cm³/mol. The Morgan fingerprint density at radius 2 is 1.15 bits per heavy atom. The van der Waals surface area contributed by atoms with Crippen molar-refractivity contribution in [1.29, 1.82) is 0 Å². The Balaban J connectivity index is 4.61. The fourth-order valence-corrected chi connectivity index (χ4v) is 15.1. The first-order chi connectivity index (χ1) is 8.91. The molecule has 20 heavy (non-hydrogen) atoms. The second-order valence-corrected chi connectivity index (χ2v) is 20.5. The summed E-state index contributed by atoms with van der Waals surface area (Å²) < 4.78 is 13.0. The molecule has 0 aromatic heterocycles. The minimum absolute atomic E-state index is 1.12. The first-order valence-electron chi connectivity index (χ1n) is 8.03. The van der Waals surface area contributed by atoms with Gasteiger partial charge in [0.2, 0.25) is 0 Å². The van der Waals surface area contributed by atoms with Gasteiger partial charge in [0.15, 0.2) is 16.6 Å². The summed E-state index contributed by atoms with van der Waals surface area (Å²) in [5, 5.41) is 0. The van der Waals surface area contributed by atoms with Crippen molar-refractivity contribution in [3.8, 4) is 0 Å².